The molecule has 3 rings (SSSR count). The van der Waals surface area contributed by atoms with Gasteiger partial charge in [-0.1, -0.05) is 30.7 Å². The van der Waals surface area contributed by atoms with Crippen molar-refractivity contribution >= 4 is 35.0 Å². The van der Waals surface area contributed by atoms with Crippen LogP contribution in [-0.4, -0.2) is 18.0 Å². The van der Waals surface area contributed by atoms with Gasteiger partial charge in [-0.25, -0.2) is 0 Å². The van der Waals surface area contributed by atoms with Crippen molar-refractivity contribution in [1.82, 2.24) is 0 Å². The van der Waals surface area contributed by atoms with Crippen molar-refractivity contribution < 1.29 is 4.79 Å². The van der Waals surface area contributed by atoms with Gasteiger partial charge >= 0.3 is 0 Å². The lowest BCUT2D eigenvalue weighted by Gasteiger charge is -2.47. The molecule has 0 aromatic heterocycles. The van der Waals surface area contributed by atoms with Gasteiger partial charge in [0.1, 0.15) is 11.6 Å². The van der Waals surface area contributed by atoms with Crippen molar-refractivity contribution in [1.29, 1.82) is 5.26 Å². The summed E-state index contributed by atoms with van der Waals surface area (Å²) < 4.78 is 0. The van der Waals surface area contributed by atoms with Gasteiger partial charge in [0.2, 0.25) is 0 Å². The zero-order chi connectivity index (χ0) is 22.1. The van der Waals surface area contributed by atoms with E-state index in [-0.39, 0.29) is 11.1 Å². The van der Waals surface area contributed by atoms with E-state index in [1.54, 1.807) is 24.3 Å². The zero-order valence-corrected chi connectivity index (χ0v) is 19.0. The first kappa shape index (κ1) is 21.9. The summed E-state index contributed by atoms with van der Waals surface area (Å²) in [4.78, 5) is 15.1. The third-order valence-electron chi connectivity index (χ3n) is 5.92. The first-order valence-electron chi connectivity index (χ1n) is 10.3. The van der Waals surface area contributed by atoms with Crippen LogP contribution in [0.25, 0.3) is 6.08 Å². The van der Waals surface area contributed by atoms with Crippen LogP contribution in [0.3, 0.4) is 0 Å². The van der Waals surface area contributed by atoms with Crippen molar-refractivity contribution in [2.75, 3.05) is 16.8 Å². The standard InChI is InChI=1S/C25H28ClN3O/c1-6-29-23-11-10-18(13-20(23)16(2)14-25(29,4)5)12-19(15-27)24(30)28-22-9-7-8-21(26)17(22)3/h7-13,16H,6,14H2,1-5H3,(H,28,30)/b19-12-/t16-/m1/s1. The maximum atomic E-state index is 12.7. The molecule has 0 fully saturated rings. The van der Waals surface area contributed by atoms with Crippen LogP contribution >= 0.6 is 11.6 Å². The SMILES string of the molecule is CCN1c2ccc(/C=C(/C#N)C(=O)Nc3cccc(Cl)c3C)cc2[C@H](C)CC1(C)C. The summed E-state index contributed by atoms with van der Waals surface area (Å²) in [5.74, 6) is -0.0374. The Morgan fingerprint density at radius 1 is 1.37 bits per heavy atom. The zero-order valence-electron chi connectivity index (χ0n) is 18.2. The number of nitriles is 1. The number of hydrogen-bond acceptors (Lipinski definition) is 3. The first-order valence-corrected chi connectivity index (χ1v) is 10.7. The third kappa shape index (κ3) is 4.22. The number of carbonyl (C=O) groups is 1. The number of nitrogens with zero attached hydrogens (tertiary/aromatic N) is 2. The predicted octanol–water partition coefficient (Wildman–Crippen LogP) is 6.31. The Bertz CT molecular complexity index is 1050. The summed E-state index contributed by atoms with van der Waals surface area (Å²) in [5, 5.41) is 13.0. The van der Waals surface area contributed by atoms with Gasteiger partial charge in [0, 0.05) is 28.5 Å². The molecule has 0 aliphatic carbocycles. The lowest BCUT2D eigenvalue weighted by molar-refractivity contribution is -0.112. The molecule has 1 amide bonds. The van der Waals surface area contributed by atoms with Gasteiger partial charge in [-0.05, 0) is 87.1 Å². The Morgan fingerprint density at radius 2 is 2.10 bits per heavy atom. The van der Waals surface area contributed by atoms with E-state index < -0.39 is 5.91 Å². The largest absolute Gasteiger partial charge is 0.366 e. The fourth-order valence-corrected chi connectivity index (χ4v) is 4.62. The van der Waals surface area contributed by atoms with Crippen molar-refractivity contribution in [3.05, 3.63) is 63.7 Å². The van der Waals surface area contributed by atoms with Gasteiger partial charge in [-0.2, -0.15) is 5.26 Å². The molecule has 1 aliphatic rings. The molecule has 156 valence electrons. The number of rotatable bonds is 4. The normalized spacial score (nSPS) is 17.8. The van der Waals surface area contributed by atoms with Gasteiger partial charge in [-0.3, -0.25) is 4.79 Å². The van der Waals surface area contributed by atoms with E-state index in [0.717, 1.165) is 24.1 Å². The van der Waals surface area contributed by atoms with E-state index in [9.17, 15) is 10.1 Å². The Morgan fingerprint density at radius 3 is 2.77 bits per heavy atom. The molecule has 4 nitrogen and oxygen atoms in total. The lowest BCUT2D eigenvalue weighted by Crippen LogP contribution is -2.48. The van der Waals surface area contributed by atoms with Crippen molar-refractivity contribution in [2.24, 2.45) is 0 Å². The van der Waals surface area contributed by atoms with Crippen LogP contribution in [0.2, 0.25) is 5.02 Å². The second-order valence-electron chi connectivity index (χ2n) is 8.52. The van der Waals surface area contributed by atoms with Crippen LogP contribution in [0, 0.1) is 18.3 Å². The van der Waals surface area contributed by atoms with Crippen LogP contribution in [-0.2, 0) is 4.79 Å². The highest BCUT2D eigenvalue weighted by atomic mass is 35.5. The molecule has 0 radical (unpaired) electrons. The van der Waals surface area contributed by atoms with E-state index in [2.05, 4.69) is 50.0 Å². The molecule has 0 spiro atoms. The minimum atomic E-state index is -0.440. The molecule has 2 aromatic carbocycles. The molecule has 0 bridgehead atoms. The third-order valence-corrected chi connectivity index (χ3v) is 6.33. The molecule has 0 unspecified atom stereocenters. The van der Waals surface area contributed by atoms with Crippen molar-refractivity contribution in [3.63, 3.8) is 0 Å². The van der Waals surface area contributed by atoms with E-state index in [1.165, 1.54) is 11.3 Å². The van der Waals surface area contributed by atoms with E-state index >= 15 is 0 Å². The highest BCUT2D eigenvalue weighted by Gasteiger charge is 2.35. The van der Waals surface area contributed by atoms with E-state index in [1.807, 2.05) is 19.1 Å². The molecule has 30 heavy (non-hydrogen) atoms. The summed E-state index contributed by atoms with van der Waals surface area (Å²) in [6.07, 6.45) is 2.71. The summed E-state index contributed by atoms with van der Waals surface area (Å²) in [5.41, 5.74) is 4.88. The maximum absolute atomic E-state index is 12.7. The Labute approximate surface area is 184 Å². The number of hydrogen-bond donors (Lipinski definition) is 1. The van der Waals surface area contributed by atoms with Crippen LogP contribution in [0.5, 0.6) is 0 Å². The number of carbonyl (C=O) groups excluding carboxylic acids is 1. The molecular weight excluding hydrogens is 394 g/mol. The van der Waals surface area contributed by atoms with Gasteiger partial charge in [0.05, 0.1) is 0 Å². The number of amides is 1. The van der Waals surface area contributed by atoms with Crippen LogP contribution in [0.1, 0.15) is 56.7 Å². The summed E-state index contributed by atoms with van der Waals surface area (Å²) in [6.45, 7) is 11.7. The molecule has 0 saturated heterocycles. The summed E-state index contributed by atoms with van der Waals surface area (Å²) >= 11 is 6.13. The van der Waals surface area contributed by atoms with Crippen LogP contribution < -0.4 is 10.2 Å². The monoisotopic (exact) mass is 421 g/mol. The minimum Gasteiger partial charge on any atom is -0.366 e. The second kappa shape index (κ2) is 8.53. The highest BCUT2D eigenvalue weighted by molar-refractivity contribution is 6.31. The number of nitrogens with one attached hydrogen (secondary N) is 1. The first-order chi connectivity index (χ1) is 14.2. The number of fused-ring (bicyclic) bond motifs is 1. The Kier molecular flexibility index (Phi) is 6.24. The second-order valence-corrected chi connectivity index (χ2v) is 8.92. The minimum absolute atomic E-state index is 0.0606. The summed E-state index contributed by atoms with van der Waals surface area (Å²) in [6, 6.07) is 13.5. The number of anilines is 2. The molecule has 1 heterocycles. The van der Waals surface area contributed by atoms with Crippen molar-refractivity contribution in [2.45, 2.75) is 52.5 Å². The van der Waals surface area contributed by atoms with Crippen molar-refractivity contribution in [3.8, 4) is 6.07 Å². The molecule has 5 heteroatoms. The molecule has 1 aliphatic heterocycles. The fourth-order valence-electron chi connectivity index (χ4n) is 4.44. The predicted molar refractivity (Wildman–Crippen MR) is 125 cm³/mol. The van der Waals surface area contributed by atoms with E-state index in [4.69, 9.17) is 11.6 Å². The smallest absolute Gasteiger partial charge is 0.266 e. The number of benzene rings is 2. The number of halogens is 1. The quantitative estimate of drug-likeness (QED) is 0.465. The molecule has 1 N–H and O–H groups in total. The average Bonchev–Trinajstić information content (AvgIpc) is 2.69. The van der Waals surface area contributed by atoms with E-state index in [0.29, 0.717) is 16.6 Å². The molecule has 0 saturated carbocycles. The van der Waals surface area contributed by atoms with Gasteiger partial charge < -0.3 is 10.2 Å². The van der Waals surface area contributed by atoms with Crippen LogP contribution in [0.15, 0.2) is 42.0 Å². The molecule has 2 aromatic rings. The van der Waals surface area contributed by atoms with Gasteiger partial charge in [-0.15, -0.1) is 0 Å². The Balaban J connectivity index is 1.92. The lowest BCUT2D eigenvalue weighted by atomic mass is 9.79. The summed E-state index contributed by atoms with van der Waals surface area (Å²) in [7, 11) is 0. The van der Waals surface area contributed by atoms with Crippen LogP contribution in [0.4, 0.5) is 11.4 Å². The highest BCUT2D eigenvalue weighted by Crippen LogP contribution is 2.43. The molecular formula is C25H28ClN3O. The fraction of sp³-hybridized carbons (Fsp3) is 0.360. The van der Waals surface area contributed by atoms with Gasteiger partial charge in [0.25, 0.3) is 5.91 Å². The van der Waals surface area contributed by atoms with Gasteiger partial charge in [0.15, 0.2) is 0 Å². The maximum Gasteiger partial charge on any atom is 0.266 e. The topological polar surface area (TPSA) is 56.1 Å². The average molecular weight is 422 g/mol. The Hall–Kier alpha value is -2.77. The molecule has 1 atom stereocenters.